The van der Waals surface area contributed by atoms with Crippen molar-refractivity contribution in [2.75, 3.05) is 5.32 Å². The molecule has 5 nitrogen and oxygen atoms in total. The fourth-order valence-electron chi connectivity index (χ4n) is 3.13. The molecule has 3 rings (SSSR count). The first-order chi connectivity index (χ1) is 11.5. The third-order valence-electron chi connectivity index (χ3n) is 4.92. The second kappa shape index (κ2) is 6.59. The second-order valence-corrected chi connectivity index (χ2v) is 6.58. The molecule has 2 N–H and O–H groups in total. The average molecular weight is 326 g/mol. The van der Waals surface area contributed by atoms with Gasteiger partial charge in [0.15, 0.2) is 0 Å². The topological polar surface area (TPSA) is 75.3 Å². The first-order valence-corrected chi connectivity index (χ1v) is 8.47. The van der Waals surface area contributed by atoms with Crippen molar-refractivity contribution >= 4 is 23.4 Å². The van der Waals surface area contributed by atoms with Crippen LogP contribution in [0, 0.1) is 5.92 Å². The number of amides is 3. The maximum absolute atomic E-state index is 12.4. The van der Waals surface area contributed by atoms with Crippen molar-refractivity contribution in [1.29, 1.82) is 0 Å². The summed E-state index contributed by atoms with van der Waals surface area (Å²) in [6, 6.07) is 7.33. The minimum atomic E-state index is -0.664. The molecule has 126 valence electrons. The highest BCUT2D eigenvalue weighted by Gasteiger charge is 2.42. The lowest BCUT2D eigenvalue weighted by Crippen LogP contribution is -2.51. The minimum Gasteiger partial charge on any atom is -0.323 e. The van der Waals surface area contributed by atoms with Gasteiger partial charge < -0.3 is 5.32 Å². The third-order valence-corrected chi connectivity index (χ3v) is 4.92. The first kappa shape index (κ1) is 16.4. The molecule has 24 heavy (non-hydrogen) atoms. The van der Waals surface area contributed by atoms with E-state index >= 15 is 0 Å². The molecule has 1 aliphatic heterocycles. The Morgan fingerprint density at radius 3 is 2.58 bits per heavy atom. The van der Waals surface area contributed by atoms with Crippen molar-refractivity contribution in [3.63, 3.8) is 0 Å². The zero-order valence-electron chi connectivity index (χ0n) is 13.8. The monoisotopic (exact) mass is 326 g/mol. The van der Waals surface area contributed by atoms with E-state index < -0.39 is 5.41 Å². The SMILES string of the molecule is CCC1(c2ccc(NC(=O)/C=C/C3CC3)cc2)CCC(=O)NC1=O. The van der Waals surface area contributed by atoms with Crippen LogP contribution in [0.5, 0.6) is 0 Å². The molecule has 1 aliphatic carbocycles. The number of nitrogens with one attached hydrogen (secondary N) is 2. The Bertz CT molecular complexity index is 689. The first-order valence-electron chi connectivity index (χ1n) is 8.47. The fraction of sp³-hybridized carbons (Fsp3) is 0.421. The van der Waals surface area contributed by atoms with E-state index in [0.717, 1.165) is 5.56 Å². The van der Waals surface area contributed by atoms with Crippen LogP contribution in [0.3, 0.4) is 0 Å². The molecule has 5 heteroatoms. The predicted molar refractivity (Wildman–Crippen MR) is 91.3 cm³/mol. The number of piperidine rings is 1. The van der Waals surface area contributed by atoms with E-state index in [2.05, 4.69) is 10.6 Å². The quantitative estimate of drug-likeness (QED) is 0.645. The van der Waals surface area contributed by atoms with Gasteiger partial charge in [-0.3, -0.25) is 19.7 Å². The van der Waals surface area contributed by atoms with Crippen molar-refractivity contribution in [1.82, 2.24) is 5.32 Å². The summed E-state index contributed by atoms with van der Waals surface area (Å²) in [6.45, 7) is 1.95. The molecular weight excluding hydrogens is 304 g/mol. The van der Waals surface area contributed by atoms with Crippen molar-refractivity contribution < 1.29 is 14.4 Å². The average Bonchev–Trinajstić information content (AvgIpc) is 3.39. The standard InChI is InChI=1S/C19H22N2O3/c1-2-19(12-11-17(23)21-18(19)24)14-6-8-15(9-7-14)20-16(22)10-5-13-3-4-13/h5-10,13H,2-4,11-12H2,1H3,(H,20,22)(H,21,23,24)/b10-5+. The van der Waals surface area contributed by atoms with E-state index in [1.165, 1.54) is 12.8 Å². The van der Waals surface area contributed by atoms with Crippen LogP contribution in [0.4, 0.5) is 5.69 Å². The Balaban J connectivity index is 1.71. The molecule has 1 saturated heterocycles. The summed E-state index contributed by atoms with van der Waals surface area (Å²) in [4.78, 5) is 35.6. The van der Waals surface area contributed by atoms with Crippen LogP contribution in [-0.4, -0.2) is 17.7 Å². The van der Waals surface area contributed by atoms with Crippen molar-refractivity contribution in [3.8, 4) is 0 Å². The van der Waals surface area contributed by atoms with E-state index in [1.54, 1.807) is 18.2 Å². The van der Waals surface area contributed by atoms with Gasteiger partial charge in [0, 0.05) is 12.1 Å². The van der Waals surface area contributed by atoms with E-state index in [0.29, 0.717) is 30.9 Å². The van der Waals surface area contributed by atoms with Crippen LogP contribution in [0.25, 0.3) is 0 Å². The molecule has 1 unspecified atom stereocenters. The van der Waals surface area contributed by atoms with Gasteiger partial charge in [0.25, 0.3) is 0 Å². The van der Waals surface area contributed by atoms with Crippen molar-refractivity contribution in [3.05, 3.63) is 42.0 Å². The van der Waals surface area contributed by atoms with Gasteiger partial charge in [0.1, 0.15) is 0 Å². The molecule has 3 amide bonds. The smallest absolute Gasteiger partial charge is 0.248 e. The molecule has 1 heterocycles. The highest BCUT2D eigenvalue weighted by Crippen LogP contribution is 2.36. The number of hydrogen-bond donors (Lipinski definition) is 2. The van der Waals surface area contributed by atoms with Gasteiger partial charge in [-0.1, -0.05) is 25.1 Å². The Morgan fingerprint density at radius 2 is 2.00 bits per heavy atom. The number of carbonyl (C=O) groups is 3. The van der Waals surface area contributed by atoms with Gasteiger partial charge in [0.05, 0.1) is 5.41 Å². The minimum absolute atomic E-state index is 0.138. The highest BCUT2D eigenvalue weighted by atomic mass is 16.2. The van der Waals surface area contributed by atoms with Gasteiger partial charge in [-0.15, -0.1) is 0 Å². The number of benzene rings is 1. The maximum Gasteiger partial charge on any atom is 0.248 e. The fourth-order valence-corrected chi connectivity index (χ4v) is 3.13. The number of allylic oxidation sites excluding steroid dienone is 1. The number of imide groups is 1. The zero-order valence-corrected chi connectivity index (χ0v) is 13.8. The molecule has 0 bridgehead atoms. The van der Waals surface area contributed by atoms with Crippen LogP contribution in [0.2, 0.25) is 0 Å². The molecule has 2 fully saturated rings. The van der Waals surface area contributed by atoms with Gasteiger partial charge in [-0.05, 0) is 55.4 Å². The lowest BCUT2D eigenvalue weighted by atomic mass is 9.72. The van der Waals surface area contributed by atoms with Crippen LogP contribution < -0.4 is 10.6 Å². The van der Waals surface area contributed by atoms with Gasteiger partial charge >= 0.3 is 0 Å². The molecule has 1 aromatic rings. The molecule has 2 aliphatic rings. The number of rotatable bonds is 5. The van der Waals surface area contributed by atoms with Crippen molar-refractivity contribution in [2.24, 2.45) is 5.92 Å². The summed E-state index contributed by atoms with van der Waals surface area (Å²) in [5.74, 6) is -0.0169. The summed E-state index contributed by atoms with van der Waals surface area (Å²) in [5.41, 5.74) is 0.909. The highest BCUT2D eigenvalue weighted by molar-refractivity contribution is 6.03. The number of carbonyl (C=O) groups excluding carboxylic acids is 3. The lowest BCUT2D eigenvalue weighted by Gasteiger charge is -2.35. The zero-order chi connectivity index (χ0) is 17.2. The normalized spacial score (nSPS) is 24.0. The Hall–Kier alpha value is -2.43. The summed E-state index contributed by atoms with van der Waals surface area (Å²) >= 11 is 0. The van der Waals surface area contributed by atoms with E-state index in [9.17, 15) is 14.4 Å². The summed E-state index contributed by atoms with van der Waals surface area (Å²) in [5, 5.41) is 5.27. The Morgan fingerprint density at radius 1 is 1.29 bits per heavy atom. The van der Waals surface area contributed by atoms with Crippen LogP contribution in [-0.2, 0) is 19.8 Å². The molecule has 0 radical (unpaired) electrons. The molecule has 1 aromatic carbocycles. The van der Waals surface area contributed by atoms with Crippen LogP contribution in [0.1, 0.15) is 44.6 Å². The van der Waals surface area contributed by atoms with E-state index in [-0.39, 0.29) is 17.7 Å². The van der Waals surface area contributed by atoms with E-state index in [4.69, 9.17) is 0 Å². The molecule has 1 atom stereocenters. The molecule has 0 spiro atoms. The second-order valence-electron chi connectivity index (χ2n) is 6.58. The largest absolute Gasteiger partial charge is 0.323 e. The third kappa shape index (κ3) is 3.40. The predicted octanol–water partition coefficient (Wildman–Crippen LogP) is 2.68. The summed E-state index contributed by atoms with van der Waals surface area (Å²) < 4.78 is 0. The van der Waals surface area contributed by atoms with Gasteiger partial charge in [-0.25, -0.2) is 0 Å². The van der Waals surface area contributed by atoms with Crippen LogP contribution in [0.15, 0.2) is 36.4 Å². The van der Waals surface area contributed by atoms with Gasteiger partial charge in [-0.2, -0.15) is 0 Å². The van der Waals surface area contributed by atoms with E-state index in [1.807, 2.05) is 25.1 Å². The summed E-state index contributed by atoms with van der Waals surface area (Å²) in [7, 11) is 0. The molecule has 0 aromatic heterocycles. The molecule has 1 saturated carbocycles. The summed E-state index contributed by atoms with van der Waals surface area (Å²) in [6.07, 6.45) is 7.36. The number of anilines is 1. The maximum atomic E-state index is 12.4. The van der Waals surface area contributed by atoms with Crippen LogP contribution >= 0.6 is 0 Å². The lowest BCUT2D eigenvalue weighted by molar-refractivity contribution is -0.138. The Labute approximate surface area is 141 Å². The molecular formula is C19H22N2O3. The van der Waals surface area contributed by atoms with Gasteiger partial charge in [0.2, 0.25) is 17.7 Å². The van der Waals surface area contributed by atoms with Crippen molar-refractivity contribution in [2.45, 2.75) is 44.4 Å². The number of hydrogen-bond acceptors (Lipinski definition) is 3. The Kier molecular flexibility index (Phi) is 4.51.